The summed E-state index contributed by atoms with van der Waals surface area (Å²) in [6.07, 6.45) is 6.54. The molecule has 3 rings (SSSR count). The number of aromatic nitrogens is 2. The van der Waals surface area contributed by atoms with Crippen LogP contribution in [0.5, 0.6) is 0 Å². The smallest absolute Gasteiger partial charge is 0.303 e. The van der Waals surface area contributed by atoms with Crippen LogP contribution in [0.25, 0.3) is 5.52 Å². The average Bonchev–Trinajstić information content (AvgIpc) is 3.14. The molecule has 152 valence electrons. The van der Waals surface area contributed by atoms with E-state index in [1.165, 1.54) is 4.90 Å². The number of amides is 1. The highest BCUT2D eigenvalue weighted by Gasteiger charge is 2.36. The number of aliphatic hydroxyl groups is 1. The lowest BCUT2D eigenvalue weighted by atomic mass is 9.90. The summed E-state index contributed by atoms with van der Waals surface area (Å²) in [6.45, 7) is 1.42. The number of hydrogen-bond acceptors (Lipinski definition) is 6. The van der Waals surface area contributed by atoms with Gasteiger partial charge < -0.3 is 30.1 Å². The van der Waals surface area contributed by atoms with E-state index < -0.39 is 17.6 Å². The summed E-state index contributed by atoms with van der Waals surface area (Å²) < 4.78 is 2.01. The molecule has 4 N–H and O–H groups in total. The third-order valence-electron chi connectivity index (χ3n) is 5.32. The Morgan fingerprint density at radius 1 is 1.36 bits per heavy atom. The maximum atomic E-state index is 12.3. The molecule has 3 heterocycles. The van der Waals surface area contributed by atoms with Crippen LogP contribution in [0.1, 0.15) is 25.7 Å². The Hall–Kier alpha value is -2.65. The number of hydrogen-bond donors (Lipinski definition) is 3. The number of fused-ring (bicyclic) bond motifs is 1. The van der Waals surface area contributed by atoms with Crippen LogP contribution in [0.15, 0.2) is 30.7 Å². The molecule has 1 amide bonds. The van der Waals surface area contributed by atoms with Gasteiger partial charge >= 0.3 is 5.97 Å². The van der Waals surface area contributed by atoms with E-state index in [0.29, 0.717) is 25.9 Å². The number of rotatable bonds is 7. The van der Waals surface area contributed by atoms with Gasteiger partial charge in [0.05, 0.1) is 17.2 Å². The van der Waals surface area contributed by atoms with Crippen LogP contribution >= 0.6 is 0 Å². The van der Waals surface area contributed by atoms with Crippen molar-refractivity contribution in [2.45, 2.75) is 37.3 Å². The minimum absolute atomic E-state index is 0.0811. The summed E-state index contributed by atoms with van der Waals surface area (Å²) >= 11 is 0. The molecule has 2 aromatic rings. The Bertz CT molecular complexity index is 844. The van der Waals surface area contributed by atoms with Gasteiger partial charge in [-0.05, 0) is 31.4 Å². The number of carboxylic acids is 1. The number of aliphatic carboxylic acids is 1. The fourth-order valence-electron chi connectivity index (χ4n) is 3.70. The van der Waals surface area contributed by atoms with Crippen molar-refractivity contribution in [3.05, 3.63) is 30.7 Å². The number of nitrogens with two attached hydrogens (primary N) is 1. The van der Waals surface area contributed by atoms with Gasteiger partial charge in [-0.1, -0.05) is 0 Å². The monoisotopic (exact) mass is 389 g/mol. The molecule has 28 heavy (non-hydrogen) atoms. The number of likely N-dealkylation sites (N-methyl/N-ethyl adjacent to an activating group) is 1. The van der Waals surface area contributed by atoms with E-state index in [-0.39, 0.29) is 25.3 Å². The third-order valence-corrected chi connectivity index (χ3v) is 5.32. The van der Waals surface area contributed by atoms with Crippen molar-refractivity contribution in [2.75, 3.05) is 31.6 Å². The van der Waals surface area contributed by atoms with Crippen LogP contribution < -0.4 is 10.6 Å². The molecule has 9 nitrogen and oxygen atoms in total. The summed E-state index contributed by atoms with van der Waals surface area (Å²) in [5.41, 5.74) is 5.82. The standard InChI is InChI=1S/C19H27N5O4/c1-22(18(27)14(20)4-5-16(25)26)13-19(28)6-10-24(11-7-19)17-15-3-2-9-23(15)12-8-21-17/h2-3,8-9,12,14,28H,4-7,10-11,13,20H2,1H3,(H,25,26)/t14-/m0/s1. The molecule has 9 heteroatoms. The number of nitrogens with zero attached hydrogens (tertiary/aromatic N) is 4. The lowest BCUT2D eigenvalue weighted by Gasteiger charge is -2.41. The van der Waals surface area contributed by atoms with Crippen molar-refractivity contribution in [1.29, 1.82) is 0 Å². The maximum absolute atomic E-state index is 12.3. The molecule has 0 spiro atoms. The van der Waals surface area contributed by atoms with Crippen molar-refractivity contribution in [3.8, 4) is 0 Å². The molecule has 0 unspecified atom stereocenters. The Balaban J connectivity index is 1.57. The predicted molar refractivity (Wildman–Crippen MR) is 104 cm³/mol. The van der Waals surface area contributed by atoms with Gasteiger partial charge in [-0.15, -0.1) is 0 Å². The number of carboxylic acid groups (broad SMARTS) is 1. The zero-order chi connectivity index (χ0) is 20.3. The maximum Gasteiger partial charge on any atom is 0.303 e. The number of carbonyl (C=O) groups is 2. The van der Waals surface area contributed by atoms with Crippen molar-refractivity contribution in [1.82, 2.24) is 14.3 Å². The van der Waals surface area contributed by atoms with E-state index in [1.807, 2.05) is 28.9 Å². The Morgan fingerprint density at radius 2 is 2.07 bits per heavy atom. The molecule has 0 aliphatic carbocycles. The number of piperidine rings is 1. The van der Waals surface area contributed by atoms with Crippen LogP contribution in [0.4, 0.5) is 5.82 Å². The molecule has 2 aromatic heterocycles. The van der Waals surface area contributed by atoms with Gasteiger partial charge in [0.2, 0.25) is 5.91 Å². The molecule has 1 atom stereocenters. The Morgan fingerprint density at radius 3 is 2.75 bits per heavy atom. The van der Waals surface area contributed by atoms with Crippen LogP contribution in [0.2, 0.25) is 0 Å². The van der Waals surface area contributed by atoms with E-state index >= 15 is 0 Å². The zero-order valence-electron chi connectivity index (χ0n) is 16.0. The van der Waals surface area contributed by atoms with Crippen molar-refractivity contribution < 1.29 is 19.8 Å². The summed E-state index contributed by atoms with van der Waals surface area (Å²) in [5, 5.41) is 19.7. The average molecular weight is 389 g/mol. The van der Waals surface area contributed by atoms with Gasteiger partial charge in [-0.25, -0.2) is 4.98 Å². The summed E-state index contributed by atoms with van der Waals surface area (Å²) in [5.74, 6) is -0.449. The molecule has 0 saturated carbocycles. The highest BCUT2D eigenvalue weighted by Crippen LogP contribution is 2.28. The first-order valence-electron chi connectivity index (χ1n) is 9.40. The van der Waals surface area contributed by atoms with E-state index in [9.17, 15) is 14.7 Å². The van der Waals surface area contributed by atoms with Gasteiger partial charge in [-0.3, -0.25) is 9.59 Å². The zero-order valence-corrected chi connectivity index (χ0v) is 16.0. The quantitative estimate of drug-likeness (QED) is 0.623. The van der Waals surface area contributed by atoms with E-state index in [2.05, 4.69) is 9.88 Å². The van der Waals surface area contributed by atoms with Gasteiger partial charge in [-0.2, -0.15) is 0 Å². The number of anilines is 1. The first kappa shape index (κ1) is 20.1. The second-order valence-corrected chi connectivity index (χ2v) is 7.50. The van der Waals surface area contributed by atoms with Crippen LogP contribution in [0.3, 0.4) is 0 Å². The summed E-state index contributed by atoms with van der Waals surface area (Å²) in [4.78, 5) is 31.0. The molecule has 1 aliphatic rings. The van der Waals surface area contributed by atoms with Gasteiger partial charge in [0.15, 0.2) is 5.82 Å². The first-order valence-corrected chi connectivity index (χ1v) is 9.40. The van der Waals surface area contributed by atoms with Crippen LogP contribution in [-0.2, 0) is 9.59 Å². The molecule has 1 saturated heterocycles. The molecular weight excluding hydrogens is 362 g/mol. The fourth-order valence-corrected chi connectivity index (χ4v) is 3.70. The van der Waals surface area contributed by atoms with E-state index in [0.717, 1.165) is 11.3 Å². The van der Waals surface area contributed by atoms with Gasteiger partial charge in [0, 0.05) is 51.7 Å². The Kier molecular flexibility index (Phi) is 5.85. The van der Waals surface area contributed by atoms with Gasteiger partial charge in [0.25, 0.3) is 0 Å². The summed E-state index contributed by atoms with van der Waals surface area (Å²) in [7, 11) is 1.59. The largest absolute Gasteiger partial charge is 0.481 e. The van der Waals surface area contributed by atoms with Crippen molar-refractivity contribution in [2.24, 2.45) is 5.73 Å². The summed E-state index contributed by atoms with van der Waals surface area (Å²) in [6, 6.07) is 3.10. The molecule has 1 fully saturated rings. The van der Waals surface area contributed by atoms with Crippen molar-refractivity contribution >= 4 is 23.2 Å². The third kappa shape index (κ3) is 4.42. The van der Waals surface area contributed by atoms with Crippen LogP contribution in [0, 0.1) is 0 Å². The topological polar surface area (TPSA) is 124 Å². The molecule has 0 radical (unpaired) electrons. The molecule has 1 aliphatic heterocycles. The van der Waals surface area contributed by atoms with E-state index in [1.54, 1.807) is 13.2 Å². The second kappa shape index (κ2) is 8.15. The minimum Gasteiger partial charge on any atom is -0.481 e. The highest BCUT2D eigenvalue weighted by atomic mass is 16.4. The normalized spacial score (nSPS) is 17.5. The SMILES string of the molecule is CN(CC1(O)CCN(c2nccn3cccc23)CC1)C(=O)[C@@H](N)CCC(=O)O. The predicted octanol–water partition coefficient (Wildman–Crippen LogP) is 0.316. The fraction of sp³-hybridized carbons (Fsp3) is 0.526. The second-order valence-electron chi connectivity index (χ2n) is 7.50. The lowest BCUT2D eigenvalue weighted by molar-refractivity contribution is -0.138. The molecule has 0 aromatic carbocycles. The van der Waals surface area contributed by atoms with Gasteiger partial charge in [0.1, 0.15) is 0 Å². The minimum atomic E-state index is -1.000. The number of carbonyl (C=O) groups excluding carboxylic acids is 1. The van der Waals surface area contributed by atoms with Crippen LogP contribution in [-0.4, -0.2) is 74.7 Å². The Labute approximate surface area is 163 Å². The molecular formula is C19H27N5O4. The highest BCUT2D eigenvalue weighted by molar-refractivity contribution is 5.82. The van der Waals surface area contributed by atoms with E-state index in [4.69, 9.17) is 10.8 Å². The van der Waals surface area contributed by atoms with Crippen molar-refractivity contribution in [3.63, 3.8) is 0 Å². The molecule has 0 bridgehead atoms. The first-order chi connectivity index (χ1) is 13.3. The lowest BCUT2D eigenvalue weighted by Crippen LogP contribution is -2.53.